The first kappa shape index (κ1) is 21.2. The van der Waals surface area contributed by atoms with Gasteiger partial charge in [0.2, 0.25) is 0 Å². The molecule has 0 aliphatic carbocycles. The number of rotatable bonds is 4. The summed E-state index contributed by atoms with van der Waals surface area (Å²) in [4.78, 5) is 2.69. The first-order chi connectivity index (χ1) is 11.9. The van der Waals surface area contributed by atoms with Gasteiger partial charge in [-0.25, -0.2) is 0 Å². The Labute approximate surface area is 168 Å². The number of piperazine rings is 1. The Morgan fingerprint density at radius 2 is 1.50 bits per heavy atom. The fourth-order valence-electron chi connectivity index (χ4n) is 4.46. The van der Waals surface area contributed by atoms with Crippen LogP contribution in [0.25, 0.3) is 0 Å². The molecule has 2 aliphatic heterocycles. The highest BCUT2D eigenvalue weighted by Crippen LogP contribution is 2.36. The number of benzene rings is 2. The van der Waals surface area contributed by atoms with Crippen molar-refractivity contribution in [2.45, 2.75) is 30.5 Å². The number of nitrogens with zero attached hydrogens (tertiary/aromatic N) is 1. The monoisotopic (exact) mass is 394 g/mol. The summed E-state index contributed by atoms with van der Waals surface area (Å²) >= 11 is 0. The molecule has 2 aromatic rings. The summed E-state index contributed by atoms with van der Waals surface area (Å²) in [6.07, 6.45) is 1.50. The highest BCUT2D eigenvalue weighted by molar-refractivity contribution is 5.85. The van der Waals surface area contributed by atoms with E-state index < -0.39 is 0 Å². The molecule has 0 radical (unpaired) electrons. The lowest BCUT2D eigenvalue weighted by Crippen LogP contribution is -2.56. The van der Waals surface area contributed by atoms with E-state index in [1.165, 1.54) is 11.1 Å². The molecule has 0 unspecified atom stereocenters. The SMILES string of the molecule is CO[C@@H]1C[C@H]2CNC[C@H](C(c3ccccc3)c3ccccc3)N2C1.Cl.Cl. The van der Waals surface area contributed by atoms with Gasteiger partial charge in [0.1, 0.15) is 0 Å². The average Bonchev–Trinajstić information content (AvgIpc) is 3.08. The summed E-state index contributed by atoms with van der Waals surface area (Å²) in [5, 5.41) is 3.67. The molecule has 2 aromatic carbocycles. The smallest absolute Gasteiger partial charge is 0.0713 e. The Bertz CT molecular complexity index is 616. The van der Waals surface area contributed by atoms with Crippen LogP contribution in [0.2, 0.25) is 0 Å². The van der Waals surface area contributed by atoms with Gasteiger partial charge < -0.3 is 10.1 Å². The van der Waals surface area contributed by atoms with Gasteiger partial charge in [-0.3, -0.25) is 4.90 Å². The summed E-state index contributed by atoms with van der Waals surface area (Å²) in [6.45, 7) is 3.15. The lowest BCUT2D eigenvalue weighted by atomic mass is 9.83. The molecule has 0 aromatic heterocycles. The van der Waals surface area contributed by atoms with Crippen molar-refractivity contribution < 1.29 is 4.74 Å². The molecule has 0 amide bonds. The molecule has 0 bridgehead atoms. The summed E-state index contributed by atoms with van der Waals surface area (Å²) in [7, 11) is 1.84. The zero-order valence-corrected chi connectivity index (χ0v) is 16.7. The van der Waals surface area contributed by atoms with Crippen LogP contribution in [0.15, 0.2) is 60.7 Å². The fourth-order valence-corrected chi connectivity index (χ4v) is 4.46. The normalized spacial score (nSPS) is 25.2. The van der Waals surface area contributed by atoms with Gasteiger partial charge in [0.15, 0.2) is 0 Å². The third-order valence-corrected chi connectivity index (χ3v) is 5.61. The highest BCUT2D eigenvalue weighted by atomic mass is 35.5. The molecule has 2 heterocycles. The van der Waals surface area contributed by atoms with Crippen LogP contribution in [0.5, 0.6) is 0 Å². The molecule has 26 heavy (non-hydrogen) atoms. The van der Waals surface area contributed by atoms with Crippen molar-refractivity contribution in [3.05, 3.63) is 71.8 Å². The molecule has 0 spiro atoms. The minimum absolute atomic E-state index is 0. The molecule has 3 atom stereocenters. The van der Waals surface area contributed by atoms with Crippen LogP contribution >= 0.6 is 24.8 Å². The Morgan fingerprint density at radius 1 is 0.923 bits per heavy atom. The van der Waals surface area contributed by atoms with Crippen molar-refractivity contribution in [2.24, 2.45) is 0 Å². The van der Waals surface area contributed by atoms with Crippen molar-refractivity contribution in [1.29, 1.82) is 0 Å². The molecule has 1 N–H and O–H groups in total. The maximum absolute atomic E-state index is 5.67. The van der Waals surface area contributed by atoms with Crippen LogP contribution in [0.1, 0.15) is 23.5 Å². The predicted molar refractivity (Wildman–Crippen MR) is 112 cm³/mol. The second-order valence-corrected chi connectivity index (χ2v) is 6.97. The van der Waals surface area contributed by atoms with E-state index >= 15 is 0 Å². The number of hydrogen-bond donors (Lipinski definition) is 1. The molecule has 5 heteroatoms. The molecule has 2 aliphatic rings. The topological polar surface area (TPSA) is 24.5 Å². The Hall–Kier alpha value is -1.10. The lowest BCUT2D eigenvalue weighted by molar-refractivity contribution is 0.0895. The van der Waals surface area contributed by atoms with E-state index in [0.29, 0.717) is 24.1 Å². The Balaban J connectivity index is 0.00000121. The standard InChI is InChI=1S/C21H26N2O.2ClH/c1-24-19-12-18-13-22-14-20(23(18)15-19)21(16-8-4-2-5-9-16)17-10-6-3-7-11-17;;/h2-11,18-22H,12-15H2,1H3;2*1H/t18-,19+,20+;;/m0../s1. The van der Waals surface area contributed by atoms with Gasteiger partial charge in [0.05, 0.1) is 6.10 Å². The quantitative estimate of drug-likeness (QED) is 0.854. The summed E-state index contributed by atoms with van der Waals surface area (Å²) in [5.74, 6) is 0.387. The molecule has 0 saturated carbocycles. The van der Waals surface area contributed by atoms with Crippen LogP contribution in [-0.2, 0) is 4.74 Å². The number of methoxy groups -OCH3 is 1. The van der Waals surface area contributed by atoms with Crippen LogP contribution < -0.4 is 5.32 Å². The maximum atomic E-state index is 5.67. The van der Waals surface area contributed by atoms with Crippen molar-refractivity contribution in [3.63, 3.8) is 0 Å². The van der Waals surface area contributed by atoms with Gasteiger partial charge >= 0.3 is 0 Å². The van der Waals surface area contributed by atoms with E-state index in [-0.39, 0.29) is 24.8 Å². The highest BCUT2D eigenvalue weighted by Gasteiger charge is 2.42. The van der Waals surface area contributed by atoms with Gasteiger partial charge in [-0.05, 0) is 17.5 Å². The zero-order chi connectivity index (χ0) is 16.4. The minimum Gasteiger partial charge on any atom is -0.380 e. The van der Waals surface area contributed by atoms with Crippen molar-refractivity contribution in [1.82, 2.24) is 10.2 Å². The molecule has 4 rings (SSSR count). The molecule has 2 fully saturated rings. The first-order valence-corrected chi connectivity index (χ1v) is 8.96. The van der Waals surface area contributed by atoms with Crippen molar-refractivity contribution in [2.75, 3.05) is 26.7 Å². The number of hydrogen-bond acceptors (Lipinski definition) is 3. The molecule has 142 valence electrons. The maximum Gasteiger partial charge on any atom is 0.0713 e. The summed E-state index contributed by atoms with van der Waals surface area (Å²) < 4.78 is 5.67. The minimum atomic E-state index is 0. The lowest BCUT2D eigenvalue weighted by Gasteiger charge is -2.42. The van der Waals surface area contributed by atoms with E-state index in [0.717, 1.165) is 26.1 Å². The van der Waals surface area contributed by atoms with E-state index in [4.69, 9.17) is 4.74 Å². The zero-order valence-electron chi connectivity index (χ0n) is 15.1. The van der Waals surface area contributed by atoms with E-state index in [1.54, 1.807) is 0 Å². The fraction of sp³-hybridized carbons (Fsp3) is 0.429. The molecular formula is C21H28Cl2N2O. The third-order valence-electron chi connectivity index (χ3n) is 5.61. The largest absolute Gasteiger partial charge is 0.380 e. The van der Waals surface area contributed by atoms with Gasteiger partial charge in [-0.1, -0.05) is 60.7 Å². The first-order valence-electron chi connectivity index (χ1n) is 8.96. The van der Waals surface area contributed by atoms with Gasteiger partial charge in [-0.15, -0.1) is 24.8 Å². The Kier molecular flexibility index (Phi) is 7.93. The second kappa shape index (κ2) is 9.72. The average molecular weight is 395 g/mol. The summed E-state index contributed by atoms with van der Waals surface area (Å²) in [6, 6.07) is 22.9. The van der Waals surface area contributed by atoms with Gasteiger partial charge in [0, 0.05) is 44.7 Å². The van der Waals surface area contributed by atoms with E-state index in [9.17, 15) is 0 Å². The molecule has 3 nitrogen and oxygen atoms in total. The van der Waals surface area contributed by atoms with Crippen LogP contribution in [0.4, 0.5) is 0 Å². The number of fused-ring (bicyclic) bond motifs is 1. The Morgan fingerprint density at radius 3 is 2.04 bits per heavy atom. The van der Waals surface area contributed by atoms with Crippen molar-refractivity contribution >= 4 is 24.8 Å². The number of nitrogens with one attached hydrogen (secondary N) is 1. The van der Waals surface area contributed by atoms with Crippen molar-refractivity contribution in [3.8, 4) is 0 Å². The second-order valence-electron chi connectivity index (χ2n) is 6.97. The third kappa shape index (κ3) is 4.24. The number of ether oxygens (including phenoxy) is 1. The van der Waals surface area contributed by atoms with E-state index in [1.807, 2.05) is 7.11 Å². The van der Waals surface area contributed by atoms with Crippen LogP contribution in [0.3, 0.4) is 0 Å². The molecule has 2 saturated heterocycles. The number of halogens is 2. The summed E-state index contributed by atoms with van der Waals surface area (Å²) in [5.41, 5.74) is 2.80. The van der Waals surface area contributed by atoms with Gasteiger partial charge in [-0.2, -0.15) is 0 Å². The van der Waals surface area contributed by atoms with Crippen LogP contribution in [0, 0.1) is 0 Å². The van der Waals surface area contributed by atoms with E-state index in [2.05, 4.69) is 70.9 Å². The van der Waals surface area contributed by atoms with Crippen LogP contribution in [-0.4, -0.2) is 49.8 Å². The van der Waals surface area contributed by atoms with Gasteiger partial charge in [0.25, 0.3) is 0 Å². The predicted octanol–water partition coefficient (Wildman–Crippen LogP) is 3.72. The molecular weight excluding hydrogens is 367 g/mol.